The molecule has 0 saturated carbocycles. The van der Waals surface area contributed by atoms with Crippen LogP contribution in [-0.4, -0.2) is 14.9 Å². The third-order valence-corrected chi connectivity index (χ3v) is 3.14. The lowest BCUT2D eigenvalue weighted by molar-refractivity contribution is 0.476. The maximum atomic E-state index is 9.90. The second-order valence-electron chi connectivity index (χ2n) is 4.50. The molecule has 0 atom stereocenters. The van der Waals surface area contributed by atoms with Gasteiger partial charge in [-0.1, -0.05) is 31.5 Å². The number of aromatic hydroxyl groups is 1. The van der Waals surface area contributed by atoms with Crippen molar-refractivity contribution in [2.75, 3.05) is 0 Å². The van der Waals surface area contributed by atoms with Crippen LogP contribution in [-0.2, 0) is 13.0 Å². The molecule has 2 aromatic rings. The van der Waals surface area contributed by atoms with Crippen LogP contribution in [0.3, 0.4) is 0 Å². The van der Waals surface area contributed by atoms with Crippen molar-refractivity contribution in [2.45, 2.75) is 39.7 Å². The first-order chi connectivity index (χ1) is 8.76. The Kier molecular flexibility index (Phi) is 4.03. The molecular weight excluding hydrogens is 224 g/mol. The standard InChI is InChI=1S/C15H20N2O/c1-3-5-7-12-8-6-9-13(10-12)15-14(18)11-16-17(15)4-2/h6,8-11,18H,3-5,7H2,1-2H3. The minimum atomic E-state index is 0.254. The third kappa shape index (κ3) is 2.55. The van der Waals surface area contributed by atoms with Gasteiger partial charge in [0.05, 0.1) is 6.20 Å². The molecule has 1 heterocycles. The average molecular weight is 244 g/mol. The van der Waals surface area contributed by atoms with E-state index in [1.807, 2.05) is 23.7 Å². The van der Waals surface area contributed by atoms with E-state index in [2.05, 4.69) is 24.2 Å². The average Bonchev–Trinajstić information content (AvgIpc) is 2.78. The van der Waals surface area contributed by atoms with E-state index in [1.165, 1.54) is 24.6 Å². The lowest BCUT2D eigenvalue weighted by Gasteiger charge is -2.07. The number of unbranched alkanes of at least 4 members (excludes halogenated alkanes) is 1. The van der Waals surface area contributed by atoms with Crippen LogP contribution in [0.25, 0.3) is 11.3 Å². The first kappa shape index (κ1) is 12.7. The van der Waals surface area contributed by atoms with Crippen LogP contribution < -0.4 is 0 Å². The second kappa shape index (κ2) is 5.71. The molecule has 0 saturated heterocycles. The fraction of sp³-hybridized carbons (Fsp3) is 0.400. The van der Waals surface area contributed by atoms with E-state index < -0.39 is 0 Å². The number of hydrogen-bond acceptors (Lipinski definition) is 2. The van der Waals surface area contributed by atoms with E-state index in [0.29, 0.717) is 0 Å². The van der Waals surface area contributed by atoms with E-state index >= 15 is 0 Å². The van der Waals surface area contributed by atoms with Gasteiger partial charge in [0.25, 0.3) is 0 Å². The van der Waals surface area contributed by atoms with Crippen LogP contribution in [0.5, 0.6) is 5.75 Å². The summed E-state index contributed by atoms with van der Waals surface area (Å²) in [6, 6.07) is 8.37. The predicted octanol–water partition coefficient (Wildman–Crippen LogP) is 3.62. The van der Waals surface area contributed by atoms with Gasteiger partial charge in [-0.15, -0.1) is 0 Å². The molecular formula is C15H20N2O. The number of nitrogens with zero attached hydrogens (tertiary/aromatic N) is 2. The Labute approximate surface area is 108 Å². The molecule has 1 aromatic heterocycles. The van der Waals surface area contributed by atoms with Crippen molar-refractivity contribution < 1.29 is 5.11 Å². The molecule has 18 heavy (non-hydrogen) atoms. The van der Waals surface area contributed by atoms with Crippen LogP contribution in [0.1, 0.15) is 32.3 Å². The minimum absolute atomic E-state index is 0.254. The Morgan fingerprint density at radius 1 is 1.28 bits per heavy atom. The molecule has 3 nitrogen and oxygen atoms in total. The maximum absolute atomic E-state index is 9.90. The van der Waals surface area contributed by atoms with Gasteiger partial charge < -0.3 is 5.11 Å². The summed E-state index contributed by atoms with van der Waals surface area (Å²) in [6.45, 7) is 4.98. The molecule has 1 N–H and O–H groups in total. The molecule has 1 aromatic carbocycles. The molecule has 0 aliphatic carbocycles. The monoisotopic (exact) mass is 244 g/mol. The van der Waals surface area contributed by atoms with Crippen molar-refractivity contribution in [3.63, 3.8) is 0 Å². The summed E-state index contributed by atoms with van der Waals surface area (Å²) in [5.74, 6) is 0.254. The van der Waals surface area contributed by atoms with Crippen molar-refractivity contribution in [2.24, 2.45) is 0 Å². The van der Waals surface area contributed by atoms with Gasteiger partial charge in [-0.2, -0.15) is 5.10 Å². The molecule has 0 aliphatic heterocycles. The normalized spacial score (nSPS) is 10.8. The number of aromatic nitrogens is 2. The molecule has 96 valence electrons. The lowest BCUT2D eigenvalue weighted by atomic mass is 10.0. The minimum Gasteiger partial charge on any atom is -0.504 e. The summed E-state index contributed by atoms with van der Waals surface area (Å²) < 4.78 is 1.83. The molecule has 0 amide bonds. The van der Waals surface area contributed by atoms with Gasteiger partial charge in [0.2, 0.25) is 0 Å². The summed E-state index contributed by atoms with van der Waals surface area (Å²) in [5, 5.41) is 14.1. The molecule has 0 fully saturated rings. The smallest absolute Gasteiger partial charge is 0.161 e. The first-order valence-electron chi connectivity index (χ1n) is 6.60. The van der Waals surface area contributed by atoms with Gasteiger partial charge >= 0.3 is 0 Å². The van der Waals surface area contributed by atoms with Gasteiger partial charge in [0.15, 0.2) is 5.75 Å². The van der Waals surface area contributed by atoms with Gasteiger partial charge in [-0.25, -0.2) is 0 Å². The summed E-state index contributed by atoms with van der Waals surface area (Å²) in [7, 11) is 0. The molecule has 0 spiro atoms. The van der Waals surface area contributed by atoms with Crippen molar-refractivity contribution in [3.8, 4) is 17.0 Å². The van der Waals surface area contributed by atoms with Crippen molar-refractivity contribution in [1.82, 2.24) is 9.78 Å². The van der Waals surface area contributed by atoms with Gasteiger partial charge in [-0.3, -0.25) is 4.68 Å². The summed E-state index contributed by atoms with van der Waals surface area (Å²) in [4.78, 5) is 0. The molecule has 3 heteroatoms. The van der Waals surface area contributed by atoms with Crippen LogP contribution in [0, 0.1) is 0 Å². The Balaban J connectivity index is 2.35. The predicted molar refractivity (Wildman–Crippen MR) is 73.6 cm³/mol. The van der Waals surface area contributed by atoms with E-state index in [4.69, 9.17) is 0 Å². The largest absolute Gasteiger partial charge is 0.504 e. The fourth-order valence-electron chi connectivity index (χ4n) is 2.17. The topological polar surface area (TPSA) is 38.1 Å². The van der Waals surface area contributed by atoms with Crippen molar-refractivity contribution >= 4 is 0 Å². The highest BCUT2D eigenvalue weighted by Crippen LogP contribution is 2.29. The zero-order valence-electron chi connectivity index (χ0n) is 11.1. The lowest BCUT2D eigenvalue weighted by Crippen LogP contribution is -1.99. The Morgan fingerprint density at radius 2 is 2.11 bits per heavy atom. The van der Waals surface area contributed by atoms with Crippen LogP contribution in [0.15, 0.2) is 30.5 Å². The Hall–Kier alpha value is -1.77. The fourth-order valence-corrected chi connectivity index (χ4v) is 2.17. The highest BCUT2D eigenvalue weighted by atomic mass is 16.3. The van der Waals surface area contributed by atoms with Crippen molar-refractivity contribution in [1.29, 1.82) is 0 Å². The van der Waals surface area contributed by atoms with Gasteiger partial charge in [0, 0.05) is 12.1 Å². The Bertz CT molecular complexity index is 517. The number of aryl methyl sites for hydroxylation is 2. The zero-order chi connectivity index (χ0) is 13.0. The van der Waals surface area contributed by atoms with Crippen LogP contribution >= 0.6 is 0 Å². The SMILES string of the molecule is CCCCc1cccc(-c2c(O)cnn2CC)c1. The highest BCUT2D eigenvalue weighted by molar-refractivity contribution is 5.66. The van der Waals surface area contributed by atoms with Gasteiger partial charge in [0.1, 0.15) is 5.69 Å². The highest BCUT2D eigenvalue weighted by Gasteiger charge is 2.11. The molecule has 0 unspecified atom stereocenters. The zero-order valence-corrected chi connectivity index (χ0v) is 11.1. The van der Waals surface area contributed by atoms with E-state index in [0.717, 1.165) is 24.2 Å². The summed E-state index contributed by atoms with van der Waals surface area (Å²) >= 11 is 0. The van der Waals surface area contributed by atoms with E-state index in [-0.39, 0.29) is 5.75 Å². The van der Waals surface area contributed by atoms with Crippen LogP contribution in [0.2, 0.25) is 0 Å². The molecule has 2 rings (SSSR count). The van der Waals surface area contributed by atoms with Crippen LogP contribution in [0.4, 0.5) is 0 Å². The molecule has 0 radical (unpaired) electrons. The van der Waals surface area contributed by atoms with E-state index in [1.54, 1.807) is 0 Å². The second-order valence-corrected chi connectivity index (χ2v) is 4.50. The van der Waals surface area contributed by atoms with Crippen molar-refractivity contribution in [3.05, 3.63) is 36.0 Å². The van der Waals surface area contributed by atoms with E-state index in [9.17, 15) is 5.11 Å². The maximum Gasteiger partial charge on any atom is 0.161 e. The molecule has 0 aliphatic rings. The third-order valence-electron chi connectivity index (χ3n) is 3.14. The summed E-state index contributed by atoms with van der Waals surface area (Å²) in [6.07, 6.45) is 4.99. The summed E-state index contributed by atoms with van der Waals surface area (Å²) in [5.41, 5.74) is 3.17. The number of hydrogen-bond donors (Lipinski definition) is 1. The Morgan fingerprint density at radius 3 is 2.83 bits per heavy atom. The van der Waals surface area contributed by atoms with Gasteiger partial charge in [-0.05, 0) is 31.4 Å². The molecule has 0 bridgehead atoms. The number of benzene rings is 1. The first-order valence-corrected chi connectivity index (χ1v) is 6.60. The number of rotatable bonds is 5. The quantitative estimate of drug-likeness (QED) is 0.872.